The Morgan fingerprint density at radius 3 is 1.67 bits per heavy atom. The van der Waals surface area contributed by atoms with Crippen LogP contribution in [0.4, 0.5) is 0 Å². The molecule has 55 heavy (non-hydrogen) atoms. The minimum Gasteiger partial charge on any atom is -0.504 e. The molecule has 0 aliphatic carbocycles. The molecule has 4 aliphatic heterocycles. The van der Waals surface area contributed by atoms with E-state index in [1.807, 2.05) is 60.7 Å². The number of hydrogen-bond acceptors (Lipinski definition) is 8. The summed E-state index contributed by atoms with van der Waals surface area (Å²) in [4.78, 5) is 58.0. The number of carbonyl (C=O) groups is 4. The standard InChI is InChI=1S/C24H24N4O3.C17H18N4O3/c1-26-13-14-28-21(24(26)30)22(31-16-17-7-3-2-4-8-17)20(25-28)23(29)27-12-11-18-9-5-6-10-19(18)15-27;1-19-8-9-21-14(17(19)24)15(22)13(18-21)16(23)20-7-6-11-4-2-3-5-12(11)10-20/h2-10H,11-16H2,1H3;2-5,22H,6-10H2,1H3. The summed E-state index contributed by atoms with van der Waals surface area (Å²) < 4.78 is 9.14. The number of amides is 4. The van der Waals surface area contributed by atoms with E-state index >= 15 is 0 Å². The molecule has 0 saturated carbocycles. The Labute approximate surface area is 318 Å². The number of nitrogens with zero attached hydrogens (tertiary/aromatic N) is 8. The predicted molar refractivity (Wildman–Crippen MR) is 201 cm³/mol. The van der Waals surface area contributed by atoms with Crippen LogP contribution in [0.2, 0.25) is 0 Å². The summed E-state index contributed by atoms with van der Waals surface area (Å²) in [7, 11) is 3.42. The first-order chi connectivity index (χ1) is 26.7. The van der Waals surface area contributed by atoms with E-state index in [2.05, 4.69) is 28.4 Å². The molecule has 5 aromatic rings. The molecule has 0 bridgehead atoms. The van der Waals surface area contributed by atoms with Crippen LogP contribution in [-0.4, -0.2) is 108 Å². The van der Waals surface area contributed by atoms with Crippen LogP contribution in [0.5, 0.6) is 11.5 Å². The number of benzene rings is 3. The summed E-state index contributed by atoms with van der Waals surface area (Å²) in [6.07, 6.45) is 1.58. The predicted octanol–water partition coefficient (Wildman–Crippen LogP) is 3.62. The van der Waals surface area contributed by atoms with E-state index in [1.54, 1.807) is 33.5 Å². The van der Waals surface area contributed by atoms with Crippen molar-refractivity contribution in [3.05, 3.63) is 129 Å². The van der Waals surface area contributed by atoms with E-state index in [-0.39, 0.29) is 58.8 Å². The third-order valence-electron chi connectivity index (χ3n) is 10.7. The zero-order chi connectivity index (χ0) is 38.2. The third-order valence-corrected chi connectivity index (χ3v) is 10.7. The fraction of sp³-hybridized carbons (Fsp3) is 0.317. The van der Waals surface area contributed by atoms with Crippen LogP contribution in [-0.2, 0) is 45.6 Å². The second kappa shape index (κ2) is 14.8. The number of hydrogen-bond donors (Lipinski definition) is 1. The van der Waals surface area contributed by atoms with Gasteiger partial charge in [-0.3, -0.25) is 28.5 Å². The number of rotatable bonds is 5. The van der Waals surface area contributed by atoms with Crippen molar-refractivity contribution in [1.82, 2.24) is 39.2 Å². The molecule has 4 amide bonds. The molecule has 0 saturated heterocycles. The Bertz CT molecular complexity index is 2300. The topological polar surface area (TPSA) is 146 Å². The number of fused-ring (bicyclic) bond motifs is 4. The Kier molecular flexibility index (Phi) is 9.55. The number of ether oxygens (including phenoxy) is 1. The first-order valence-electron chi connectivity index (χ1n) is 18.5. The van der Waals surface area contributed by atoms with Crippen LogP contribution < -0.4 is 4.74 Å². The average Bonchev–Trinajstić information content (AvgIpc) is 3.77. The molecule has 0 unspecified atom stereocenters. The molecular formula is C41H42N8O6. The van der Waals surface area contributed by atoms with Crippen LogP contribution in [0.15, 0.2) is 78.9 Å². The van der Waals surface area contributed by atoms with Crippen LogP contribution in [0.3, 0.4) is 0 Å². The highest BCUT2D eigenvalue weighted by atomic mass is 16.5. The lowest BCUT2D eigenvalue weighted by molar-refractivity contribution is 0.0716. The molecule has 0 radical (unpaired) electrons. The lowest BCUT2D eigenvalue weighted by Gasteiger charge is -2.28. The molecule has 4 aliphatic rings. The fourth-order valence-electron chi connectivity index (χ4n) is 7.48. The summed E-state index contributed by atoms with van der Waals surface area (Å²) in [6.45, 7) is 4.55. The van der Waals surface area contributed by atoms with Crippen molar-refractivity contribution in [2.75, 3.05) is 40.3 Å². The normalized spacial score (nSPS) is 16.0. The summed E-state index contributed by atoms with van der Waals surface area (Å²) in [6, 6.07) is 25.9. The summed E-state index contributed by atoms with van der Waals surface area (Å²) in [5.74, 6) is -1.05. The van der Waals surface area contributed by atoms with E-state index in [0.29, 0.717) is 58.1 Å². The van der Waals surface area contributed by atoms with Gasteiger partial charge >= 0.3 is 0 Å². The first kappa shape index (κ1) is 35.6. The Balaban J connectivity index is 0.000000160. The van der Waals surface area contributed by atoms with Crippen molar-refractivity contribution in [1.29, 1.82) is 0 Å². The highest BCUT2D eigenvalue weighted by molar-refractivity contribution is 6.03. The minimum absolute atomic E-state index is 0.0342. The van der Waals surface area contributed by atoms with Gasteiger partial charge in [0.15, 0.2) is 34.3 Å². The van der Waals surface area contributed by atoms with E-state index in [0.717, 1.165) is 29.5 Å². The maximum Gasteiger partial charge on any atom is 0.278 e. The van der Waals surface area contributed by atoms with Crippen molar-refractivity contribution in [2.45, 2.75) is 45.6 Å². The quantitative estimate of drug-likeness (QED) is 0.288. The highest BCUT2D eigenvalue weighted by Crippen LogP contribution is 2.32. The molecule has 14 nitrogen and oxygen atoms in total. The molecule has 9 rings (SSSR count). The van der Waals surface area contributed by atoms with Gasteiger partial charge in [-0.1, -0.05) is 78.9 Å². The second-order valence-electron chi connectivity index (χ2n) is 14.2. The lowest BCUT2D eigenvalue weighted by Crippen LogP contribution is -2.37. The highest BCUT2D eigenvalue weighted by Gasteiger charge is 2.36. The SMILES string of the molecule is CN1CCn2nc(C(=O)N3CCc4ccccc4C3)c(O)c2C1=O.CN1CCn2nc(C(=O)N3CCc4ccccc4C3)c(OCc3ccccc3)c2C1=O. The van der Waals surface area contributed by atoms with Gasteiger partial charge in [0.25, 0.3) is 23.6 Å². The monoisotopic (exact) mass is 742 g/mol. The maximum absolute atomic E-state index is 13.5. The molecule has 0 spiro atoms. The molecule has 3 aromatic carbocycles. The first-order valence-corrected chi connectivity index (χ1v) is 18.5. The fourth-order valence-corrected chi connectivity index (χ4v) is 7.48. The Hall–Kier alpha value is -6.44. The van der Waals surface area contributed by atoms with Crippen LogP contribution in [0.1, 0.15) is 69.8 Å². The summed E-state index contributed by atoms with van der Waals surface area (Å²) in [5.41, 5.74) is 6.37. The molecule has 2 aromatic heterocycles. The van der Waals surface area contributed by atoms with Crippen molar-refractivity contribution < 1.29 is 29.0 Å². The van der Waals surface area contributed by atoms with Gasteiger partial charge in [0.05, 0.1) is 13.1 Å². The van der Waals surface area contributed by atoms with E-state index in [4.69, 9.17) is 4.74 Å². The van der Waals surface area contributed by atoms with Crippen molar-refractivity contribution in [3.63, 3.8) is 0 Å². The van der Waals surface area contributed by atoms with Crippen LogP contribution in [0, 0.1) is 0 Å². The number of carbonyl (C=O) groups excluding carboxylic acids is 4. The van der Waals surface area contributed by atoms with Gasteiger partial charge in [-0.15, -0.1) is 0 Å². The number of aromatic nitrogens is 4. The largest absolute Gasteiger partial charge is 0.504 e. The molecule has 0 fully saturated rings. The molecule has 1 N–H and O–H groups in total. The van der Waals surface area contributed by atoms with Gasteiger partial charge in [0, 0.05) is 53.4 Å². The van der Waals surface area contributed by atoms with E-state index in [1.165, 1.54) is 20.7 Å². The van der Waals surface area contributed by atoms with E-state index < -0.39 is 0 Å². The number of aromatic hydroxyl groups is 1. The van der Waals surface area contributed by atoms with Gasteiger partial charge < -0.3 is 29.4 Å². The zero-order valence-electron chi connectivity index (χ0n) is 30.8. The number of likely N-dealkylation sites (N-methyl/N-ethyl adjacent to an activating group) is 2. The van der Waals surface area contributed by atoms with Crippen molar-refractivity contribution in [2.24, 2.45) is 0 Å². The third kappa shape index (κ3) is 6.79. The zero-order valence-corrected chi connectivity index (χ0v) is 30.8. The molecule has 14 heteroatoms. The molecule has 0 atom stereocenters. The van der Waals surface area contributed by atoms with Crippen LogP contribution in [0.25, 0.3) is 0 Å². The van der Waals surface area contributed by atoms with Gasteiger partial charge in [0.1, 0.15) is 6.61 Å². The Morgan fingerprint density at radius 2 is 1.09 bits per heavy atom. The summed E-state index contributed by atoms with van der Waals surface area (Å²) >= 11 is 0. The van der Waals surface area contributed by atoms with Crippen LogP contribution >= 0.6 is 0 Å². The van der Waals surface area contributed by atoms with Gasteiger partial charge in [-0.25, -0.2) is 0 Å². The van der Waals surface area contributed by atoms with Crippen molar-refractivity contribution >= 4 is 23.6 Å². The van der Waals surface area contributed by atoms with Gasteiger partial charge in [-0.2, -0.15) is 10.2 Å². The maximum atomic E-state index is 13.5. The Morgan fingerprint density at radius 1 is 0.618 bits per heavy atom. The average molecular weight is 743 g/mol. The van der Waals surface area contributed by atoms with Gasteiger partial charge in [-0.05, 0) is 40.7 Å². The molecule has 6 heterocycles. The minimum atomic E-state index is -0.334. The molecule has 282 valence electrons. The summed E-state index contributed by atoms with van der Waals surface area (Å²) in [5, 5.41) is 19.1. The van der Waals surface area contributed by atoms with Gasteiger partial charge in [0.2, 0.25) is 0 Å². The van der Waals surface area contributed by atoms with E-state index in [9.17, 15) is 24.3 Å². The second-order valence-corrected chi connectivity index (χ2v) is 14.2. The molecular weight excluding hydrogens is 701 g/mol. The lowest BCUT2D eigenvalue weighted by atomic mass is 10.00. The van der Waals surface area contributed by atoms with Crippen molar-refractivity contribution in [3.8, 4) is 11.5 Å². The smallest absolute Gasteiger partial charge is 0.278 e.